The summed E-state index contributed by atoms with van der Waals surface area (Å²) in [6, 6.07) is -0.300. The number of amides is 1. The zero-order valence-corrected chi connectivity index (χ0v) is 19.8. The number of carbonyl (C=O) groups excluding carboxylic acids is 1. The lowest BCUT2D eigenvalue weighted by molar-refractivity contribution is -0.139. The van der Waals surface area contributed by atoms with E-state index in [9.17, 15) is 22.8 Å². The van der Waals surface area contributed by atoms with Crippen molar-refractivity contribution in [3.63, 3.8) is 0 Å². The van der Waals surface area contributed by atoms with Crippen LogP contribution in [-0.4, -0.2) is 52.1 Å². The zero-order chi connectivity index (χ0) is 24.0. The number of aromatic amines is 1. The summed E-state index contributed by atoms with van der Waals surface area (Å²) in [7, 11) is 0. The first kappa shape index (κ1) is 25.7. The molecule has 2 heterocycles. The minimum Gasteiger partial charge on any atom is -0.342 e. The maximum absolute atomic E-state index is 13.5. The van der Waals surface area contributed by atoms with Gasteiger partial charge in [0, 0.05) is 19.6 Å². The minimum absolute atomic E-state index is 0.0216. The number of rotatable bonds is 8. The van der Waals surface area contributed by atoms with E-state index >= 15 is 0 Å². The Kier molecular flexibility index (Phi) is 8.95. The molecule has 0 aromatic carbocycles. The van der Waals surface area contributed by atoms with E-state index in [1.54, 1.807) is 0 Å². The highest BCUT2D eigenvalue weighted by atomic mass is 19.4. The van der Waals surface area contributed by atoms with Crippen molar-refractivity contribution in [2.75, 3.05) is 26.2 Å². The van der Waals surface area contributed by atoms with E-state index in [4.69, 9.17) is 0 Å². The Morgan fingerprint density at radius 3 is 2.61 bits per heavy atom. The average Bonchev–Trinajstić information content (AvgIpc) is 3.15. The maximum atomic E-state index is 13.5. The summed E-state index contributed by atoms with van der Waals surface area (Å²) in [6.45, 7) is 6.97. The van der Waals surface area contributed by atoms with Gasteiger partial charge >= 0.3 is 6.18 Å². The number of hydrogen-bond donors (Lipinski definition) is 1. The average molecular weight is 471 g/mol. The highest BCUT2D eigenvalue weighted by Gasteiger charge is 2.43. The first-order chi connectivity index (χ1) is 15.8. The number of halogens is 3. The molecule has 0 saturated carbocycles. The van der Waals surface area contributed by atoms with Crippen LogP contribution >= 0.6 is 0 Å². The maximum Gasteiger partial charge on any atom is 0.422 e. The number of carbonyl (C=O) groups is 1. The van der Waals surface area contributed by atoms with Gasteiger partial charge in [-0.15, -0.1) is 0 Å². The Bertz CT molecular complexity index is 855. The SMILES string of the molecule is CCCCCN(CCC)C(=O)C1CCCCCN(C2CCc3c2n[nH]c(=O)c3C(F)(F)F)C1. The number of nitrogens with zero attached hydrogens (tertiary/aromatic N) is 3. The second-order valence-corrected chi connectivity index (χ2v) is 9.42. The van der Waals surface area contributed by atoms with Crippen molar-refractivity contribution >= 4 is 5.91 Å². The summed E-state index contributed by atoms with van der Waals surface area (Å²) in [5.41, 5.74) is -1.94. The summed E-state index contributed by atoms with van der Waals surface area (Å²) in [5, 5.41) is 6.13. The molecule has 33 heavy (non-hydrogen) atoms. The lowest BCUT2D eigenvalue weighted by atomic mass is 9.94. The van der Waals surface area contributed by atoms with E-state index in [0.29, 0.717) is 18.7 Å². The molecule has 1 N–H and O–H groups in total. The summed E-state index contributed by atoms with van der Waals surface area (Å²) < 4.78 is 40.6. The van der Waals surface area contributed by atoms with Gasteiger partial charge in [0.15, 0.2) is 0 Å². The normalized spacial score (nSPS) is 22.0. The molecule has 1 fully saturated rings. The predicted octanol–water partition coefficient (Wildman–Crippen LogP) is 4.70. The first-order valence-electron chi connectivity index (χ1n) is 12.5. The van der Waals surface area contributed by atoms with Crippen LogP contribution < -0.4 is 5.56 Å². The molecule has 3 rings (SSSR count). The molecule has 2 unspecified atom stereocenters. The third kappa shape index (κ3) is 6.16. The van der Waals surface area contributed by atoms with Gasteiger partial charge in [-0.2, -0.15) is 18.3 Å². The third-order valence-electron chi connectivity index (χ3n) is 6.96. The van der Waals surface area contributed by atoms with Crippen LogP contribution in [0.3, 0.4) is 0 Å². The number of fused-ring (bicyclic) bond motifs is 1. The van der Waals surface area contributed by atoms with Crippen molar-refractivity contribution in [3.8, 4) is 0 Å². The number of hydrogen-bond acceptors (Lipinski definition) is 4. The molecule has 0 bridgehead atoms. The standard InChI is InChI=1S/C24H37F3N4O2/c1-3-5-8-14-30(13-4-2)23(33)17-10-7-6-9-15-31(16-17)19-12-11-18-20(24(25,26)27)22(32)29-28-21(18)19/h17,19H,3-16H2,1-2H3,(H,29,32). The highest BCUT2D eigenvalue weighted by Crippen LogP contribution is 2.40. The van der Waals surface area contributed by atoms with Crippen LogP contribution in [0.25, 0.3) is 0 Å². The molecular formula is C24H37F3N4O2. The fourth-order valence-electron chi connectivity index (χ4n) is 5.35. The van der Waals surface area contributed by atoms with E-state index in [1.165, 1.54) is 0 Å². The topological polar surface area (TPSA) is 69.3 Å². The number of aromatic nitrogens is 2. The van der Waals surface area contributed by atoms with Crippen LogP contribution in [0.4, 0.5) is 13.2 Å². The van der Waals surface area contributed by atoms with Crippen LogP contribution in [0.1, 0.15) is 94.5 Å². The Morgan fingerprint density at radius 1 is 1.12 bits per heavy atom. The van der Waals surface area contributed by atoms with Gasteiger partial charge in [-0.3, -0.25) is 14.5 Å². The van der Waals surface area contributed by atoms with Gasteiger partial charge in [0.1, 0.15) is 5.56 Å². The van der Waals surface area contributed by atoms with Gasteiger partial charge in [0.25, 0.3) is 5.56 Å². The largest absolute Gasteiger partial charge is 0.422 e. The molecule has 0 spiro atoms. The van der Waals surface area contributed by atoms with Crippen LogP contribution in [0.5, 0.6) is 0 Å². The number of nitrogens with one attached hydrogen (secondary N) is 1. The van der Waals surface area contributed by atoms with Crippen molar-refractivity contribution in [3.05, 3.63) is 27.2 Å². The van der Waals surface area contributed by atoms with Gasteiger partial charge in [-0.1, -0.05) is 39.5 Å². The third-order valence-corrected chi connectivity index (χ3v) is 6.96. The highest BCUT2D eigenvalue weighted by molar-refractivity contribution is 5.79. The molecule has 9 heteroatoms. The Morgan fingerprint density at radius 2 is 1.91 bits per heavy atom. The molecule has 0 radical (unpaired) electrons. The quantitative estimate of drug-likeness (QED) is 0.560. The van der Waals surface area contributed by atoms with Gasteiger partial charge in [0.05, 0.1) is 17.7 Å². The number of likely N-dealkylation sites (tertiary alicyclic amines) is 1. The van der Waals surface area contributed by atoms with Gasteiger partial charge in [-0.25, -0.2) is 5.10 Å². The number of alkyl halides is 3. The fourth-order valence-corrected chi connectivity index (χ4v) is 5.35. The van der Waals surface area contributed by atoms with E-state index in [2.05, 4.69) is 28.9 Å². The van der Waals surface area contributed by atoms with Gasteiger partial charge < -0.3 is 4.90 Å². The lowest BCUT2D eigenvalue weighted by Crippen LogP contribution is -2.44. The first-order valence-corrected chi connectivity index (χ1v) is 12.5. The second-order valence-electron chi connectivity index (χ2n) is 9.42. The molecule has 2 atom stereocenters. The molecule has 1 aliphatic carbocycles. The van der Waals surface area contributed by atoms with E-state index < -0.39 is 17.3 Å². The number of H-pyrrole nitrogens is 1. The summed E-state index contributed by atoms with van der Waals surface area (Å²) in [5.74, 6) is 0.0101. The molecule has 1 saturated heterocycles. The monoisotopic (exact) mass is 470 g/mol. The molecule has 186 valence electrons. The molecular weight excluding hydrogens is 433 g/mol. The molecule has 1 aromatic heterocycles. The van der Waals surface area contributed by atoms with Crippen molar-refractivity contribution in [2.45, 2.75) is 90.3 Å². The molecule has 2 aliphatic rings. The Labute approximate surface area is 193 Å². The Hall–Kier alpha value is -1.90. The van der Waals surface area contributed by atoms with Crippen molar-refractivity contribution < 1.29 is 18.0 Å². The number of unbranched alkanes of at least 4 members (excludes halogenated alkanes) is 2. The van der Waals surface area contributed by atoms with Crippen LogP contribution in [0.2, 0.25) is 0 Å². The Balaban J connectivity index is 1.82. The molecule has 1 amide bonds. The van der Waals surface area contributed by atoms with Gasteiger partial charge in [-0.05, 0) is 50.6 Å². The molecule has 6 nitrogen and oxygen atoms in total. The second kappa shape index (κ2) is 11.5. The van der Waals surface area contributed by atoms with E-state index in [-0.39, 0.29) is 29.9 Å². The van der Waals surface area contributed by atoms with Gasteiger partial charge in [0.2, 0.25) is 5.91 Å². The van der Waals surface area contributed by atoms with E-state index in [0.717, 1.165) is 71.0 Å². The fraction of sp³-hybridized carbons (Fsp3) is 0.792. The van der Waals surface area contributed by atoms with Crippen molar-refractivity contribution in [2.24, 2.45) is 5.92 Å². The summed E-state index contributed by atoms with van der Waals surface area (Å²) in [6.07, 6.45) is 3.78. The molecule has 1 aromatic rings. The van der Waals surface area contributed by atoms with Crippen LogP contribution in [-0.2, 0) is 17.4 Å². The van der Waals surface area contributed by atoms with Crippen molar-refractivity contribution in [1.29, 1.82) is 0 Å². The smallest absolute Gasteiger partial charge is 0.342 e. The lowest BCUT2D eigenvalue weighted by Gasteiger charge is -2.36. The summed E-state index contributed by atoms with van der Waals surface area (Å²) in [4.78, 5) is 29.5. The van der Waals surface area contributed by atoms with Crippen LogP contribution in [0, 0.1) is 5.92 Å². The van der Waals surface area contributed by atoms with E-state index in [1.807, 2.05) is 4.90 Å². The predicted molar refractivity (Wildman–Crippen MR) is 121 cm³/mol. The molecule has 1 aliphatic heterocycles. The van der Waals surface area contributed by atoms with Crippen LogP contribution in [0.15, 0.2) is 4.79 Å². The van der Waals surface area contributed by atoms with Crippen molar-refractivity contribution in [1.82, 2.24) is 20.0 Å². The minimum atomic E-state index is -4.70. The zero-order valence-electron chi connectivity index (χ0n) is 19.8. The summed E-state index contributed by atoms with van der Waals surface area (Å²) >= 11 is 0.